The second kappa shape index (κ2) is 11.6. The summed E-state index contributed by atoms with van der Waals surface area (Å²) in [5.41, 5.74) is 0. The molecular weight excluding hydrogens is 301 g/mol. The quantitative estimate of drug-likeness (QED) is 0.393. The Morgan fingerprint density at radius 1 is 1.00 bits per heavy atom. The molecule has 0 aliphatic rings. The minimum atomic E-state index is -4.41. The van der Waals surface area contributed by atoms with Crippen LogP contribution in [0.3, 0.4) is 0 Å². The molecule has 0 saturated carbocycles. The first kappa shape index (κ1) is 21.1. The van der Waals surface area contributed by atoms with Crippen molar-refractivity contribution in [2.24, 2.45) is 0 Å². The van der Waals surface area contributed by atoms with Crippen LogP contribution >= 0.6 is 7.26 Å². The van der Waals surface area contributed by atoms with Crippen molar-refractivity contribution in [1.82, 2.24) is 0 Å². The van der Waals surface area contributed by atoms with Crippen molar-refractivity contribution in [1.29, 1.82) is 15.8 Å². The van der Waals surface area contributed by atoms with Gasteiger partial charge in [-0.2, -0.15) is 15.8 Å². The molecule has 0 aliphatic carbocycles. The third-order valence-electron chi connectivity index (χ3n) is 2.49. The maximum absolute atomic E-state index is 9.22. The Labute approximate surface area is 121 Å². The molecule has 0 rings (SSSR count). The van der Waals surface area contributed by atoms with Crippen LogP contribution in [-0.2, 0) is 14.6 Å². The molecule has 9 heteroatoms. The highest BCUT2D eigenvalue weighted by molar-refractivity contribution is 7.80. The molecule has 0 aromatic heterocycles. The third kappa shape index (κ3) is 14.8. The second-order valence-electron chi connectivity index (χ2n) is 4.09. The zero-order valence-corrected chi connectivity index (χ0v) is 13.3. The van der Waals surface area contributed by atoms with E-state index in [1.807, 2.05) is 0 Å². The fourth-order valence-corrected chi connectivity index (χ4v) is 3.89. The van der Waals surface area contributed by atoms with E-state index in [0.29, 0.717) is 19.3 Å². The molecule has 0 aliphatic heterocycles. The van der Waals surface area contributed by atoms with Gasteiger partial charge in [0, 0.05) is 13.9 Å². The summed E-state index contributed by atoms with van der Waals surface area (Å²) in [6.45, 7) is 2.17. The van der Waals surface area contributed by atoms with Gasteiger partial charge in [0.15, 0.2) is 0 Å². The predicted molar refractivity (Wildman–Crippen MR) is 74.8 cm³/mol. The van der Waals surface area contributed by atoms with Gasteiger partial charge >= 0.3 is 0 Å². The van der Waals surface area contributed by atoms with Crippen LogP contribution in [0.25, 0.3) is 0 Å². The molecule has 112 valence electrons. The van der Waals surface area contributed by atoms with Crippen LogP contribution in [0.4, 0.5) is 0 Å². The first-order chi connectivity index (χ1) is 9.24. The van der Waals surface area contributed by atoms with Gasteiger partial charge < -0.3 is 4.55 Å². The molecule has 0 radical (unpaired) electrons. The molecule has 0 atom stereocenters. The Kier molecular flexibility index (Phi) is 12.2. The van der Waals surface area contributed by atoms with Gasteiger partial charge in [0.05, 0.1) is 63.1 Å². The van der Waals surface area contributed by atoms with E-state index < -0.39 is 17.7 Å². The van der Waals surface area contributed by atoms with E-state index >= 15 is 0 Å². The minimum Gasteiger partial charge on any atom is -0.726 e. The Hall–Kier alpha value is -1.23. The topological polar surface area (TPSA) is 138 Å². The average molecular weight is 319 g/mol. The van der Waals surface area contributed by atoms with Gasteiger partial charge in [-0.15, -0.1) is 0 Å². The number of hydrogen-bond donors (Lipinski definition) is 0. The highest BCUT2D eigenvalue weighted by Gasteiger charge is 2.29. The van der Waals surface area contributed by atoms with E-state index in [0.717, 1.165) is 25.6 Å². The van der Waals surface area contributed by atoms with Crippen LogP contribution in [0.15, 0.2) is 0 Å². The summed E-state index contributed by atoms with van der Waals surface area (Å²) < 4.78 is 31.0. The molecule has 20 heavy (non-hydrogen) atoms. The lowest BCUT2D eigenvalue weighted by atomic mass is 10.5. The van der Waals surface area contributed by atoms with E-state index in [2.05, 4.69) is 29.1 Å². The van der Waals surface area contributed by atoms with E-state index in [9.17, 15) is 13.0 Å². The normalized spacial score (nSPS) is 10.4. The van der Waals surface area contributed by atoms with Crippen LogP contribution in [0.2, 0.25) is 0 Å². The average Bonchev–Trinajstić information content (AvgIpc) is 2.41. The molecule has 0 fully saturated rings. The van der Waals surface area contributed by atoms with Gasteiger partial charge in [0.25, 0.3) is 0 Å². The summed E-state index contributed by atoms with van der Waals surface area (Å²) in [7, 11) is -4.79. The number of rotatable bonds is 7. The molecule has 0 unspecified atom stereocenters. The number of hydrogen-bond acceptors (Lipinski definition) is 7. The molecule has 0 bridgehead atoms. The zero-order valence-electron chi connectivity index (χ0n) is 11.6. The van der Waals surface area contributed by atoms with Crippen molar-refractivity contribution in [3.05, 3.63) is 0 Å². The molecule has 0 heterocycles. The van der Waals surface area contributed by atoms with Crippen molar-refractivity contribution in [3.8, 4) is 18.2 Å². The summed E-state index contributed by atoms with van der Waals surface area (Å²) in [5.74, 6) is 0. The van der Waals surface area contributed by atoms with Crippen molar-refractivity contribution in [2.45, 2.75) is 19.3 Å². The van der Waals surface area contributed by atoms with E-state index in [1.165, 1.54) is 0 Å². The fourth-order valence-electron chi connectivity index (χ4n) is 1.30. The highest BCUT2D eigenvalue weighted by atomic mass is 32.3. The standard InChI is InChI=1S/C10H15N3P.CH4O4S/c1-14(8-2-5-11,9-3-6-12)10-4-7-13;1-5-6(2,3)4/h2-4,8-10H2,1H3;1H3,(H,2,3,4)/q+1;/p-1. The summed E-state index contributed by atoms with van der Waals surface area (Å²) in [6, 6.07) is 6.41. The van der Waals surface area contributed by atoms with Gasteiger partial charge in [0.1, 0.15) is 0 Å². The van der Waals surface area contributed by atoms with Gasteiger partial charge in [-0.1, -0.05) is 0 Å². The van der Waals surface area contributed by atoms with Crippen molar-refractivity contribution in [2.75, 3.05) is 32.3 Å². The predicted octanol–water partition coefficient (Wildman–Crippen LogP) is 1.47. The monoisotopic (exact) mass is 319 g/mol. The number of nitrogens with zero attached hydrogens (tertiary/aromatic N) is 3. The molecule has 0 aromatic carbocycles. The highest BCUT2D eigenvalue weighted by Crippen LogP contribution is 2.56. The first-order valence-corrected chi connectivity index (χ1v) is 9.83. The first-order valence-electron chi connectivity index (χ1n) is 5.70. The van der Waals surface area contributed by atoms with Gasteiger partial charge in [-0.05, 0) is 0 Å². The molecule has 0 N–H and O–H groups in total. The van der Waals surface area contributed by atoms with Crippen molar-refractivity contribution < 1.29 is 17.2 Å². The van der Waals surface area contributed by atoms with Gasteiger partial charge in [-0.25, -0.2) is 8.42 Å². The molecule has 0 aromatic rings. The Morgan fingerprint density at radius 3 is 1.40 bits per heavy atom. The Bertz CT molecular complexity index is 442. The number of nitriles is 3. The molecular formula is C11H18N3O4PS. The van der Waals surface area contributed by atoms with E-state index in [1.54, 1.807) is 0 Å². The Balaban J connectivity index is 0. The van der Waals surface area contributed by atoms with Crippen LogP contribution < -0.4 is 0 Å². The molecule has 0 amide bonds. The maximum atomic E-state index is 9.22. The van der Waals surface area contributed by atoms with Crippen molar-refractivity contribution in [3.63, 3.8) is 0 Å². The minimum absolute atomic E-state index is 0.557. The van der Waals surface area contributed by atoms with E-state index in [4.69, 9.17) is 15.8 Å². The zero-order chi connectivity index (χ0) is 16.1. The van der Waals surface area contributed by atoms with Crippen LogP contribution in [0.1, 0.15) is 19.3 Å². The smallest absolute Gasteiger partial charge is 0.217 e. The summed E-state index contributed by atoms with van der Waals surface area (Å²) in [5, 5.41) is 25.6. The maximum Gasteiger partial charge on any atom is 0.217 e. The molecule has 0 saturated heterocycles. The summed E-state index contributed by atoms with van der Waals surface area (Å²) in [4.78, 5) is 0. The largest absolute Gasteiger partial charge is 0.726 e. The fraction of sp³-hybridized carbons (Fsp3) is 0.727. The van der Waals surface area contributed by atoms with Gasteiger partial charge in [0.2, 0.25) is 10.4 Å². The second-order valence-corrected chi connectivity index (χ2v) is 9.82. The lowest BCUT2D eigenvalue weighted by molar-refractivity contribution is 0.314. The summed E-state index contributed by atoms with van der Waals surface area (Å²) in [6.07, 6.45) is 4.36. The van der Waals surface area contributed by atoms with Gasteiger partial charge in [-0.3, -0.25) is 4.18 Å². The summed E-state index contributed by atoms with van der Waals surface area (Å²) >= 11 is 0. The van der Waals surface area contributed by atoms with E-state index in [-0.39, 0.29) is 0 Å². The molecule has 0 spiro atoms. The Morgan fingerprint density at radius 2 is 1.25 bits per heavy atom. The SMILES string of the molecule is COS(=O)(=O)[O-].C[P+](CCC#N)(CCC#N)CCC#N. The van der Waals surface area contributed by atoms with Crippen LogP contribution in [0.5, 0.6) is 0 Å². The lowest BCUT2D eigenvalue weighted by Gasteiger charge is -2.19. The lowest BCUT2D eigenvalue weighted by Crippen LogP contribution is -2.06. The molecule has 7 nitrogen and oxygen atoms in total. The van der Waals surface area contributed by atoms with Crippen LogP contribution in [0, 0.1) is 34.0 Å². The van der Waals surface area contributed by atoms with Crippen LogP contribution in [-0.4, -0.2) is 45.2 Å². The van der Waals surface area contributed by atoms with Crippen molar-refractivity contribution >= 4 is 17.7 Å². The third-order valence-corrected chi connectivity index (χ3v) is 6.81.